The van der Waals surface area contributed by atoms with E-state index < -0.39 is 0 Å². The molecule has 7 nitrogen and oxygen atoms in total. The zero-order valence-corrected chi connectivity index (χ0v) is 14.7. The molecule has 7 heteroatoms. The molecule has 1 unspecified atom stereocenters. The molecule has 130 valence electrons. The molecule has 2 amide bonds. The summed E-state index contributed by atoms with van der Waals surface area (Å²) in [5.41, 5.74) is 0. The lowest BCUT2D eigenvalue weighted by Gasteiger charge is -2.20. The number of hydrogen-bond acceptors (Lipinski definition) is 5. The Hall–Kier alpha value is -1.63. The highest BCUT2D eigenvalue weighted by Gasteiger charge is 2.24. The Morgan fingerprint density at radius 2 is 2.30 bits per heavy atom. The van der Waals surface area contributed by atoms with E-state index in [1.165, 1.54) is 0 Å². The van der Waals surface area contributed by atoms with Crippen LogP contribution in [0, 0.1) is 5.92 Å². The molecule has 1 atom stereocenters. The zero-order chi connectivity index (χ0) is 16.8. The van der Waals surface area contributed by atoms with E-state index >= 15 is 0 Å². The second-order valence-electron chi connectivity index (χ2n) is 6.79. The van der Waals surface area contributed by atoms with Crippen LogP contribution in [0.5, 0.6) is 0 Å². The highest BCUT2D eigenvalue weighted by Crippen LogP contribution is 2.10. The summed E-state index contributed by atoms with van der Waals surface area (Å²) in [5.74, 6) is 1.66. The Balaban J connectivity index is 1.77. The first-order valence-corrected chi connectivity index (χ1v) is 8.53. The van der Waals surface area contributed by atoms with E-state index in [9.17, 15) is 4.79 Å². The fraction of sp³-hybridized carbons (Fsp3) is 0.812. The summed E-state index contributed by atoms with van der Waals surface area (Å²) < 4.78 is 5.20. The third-order valence-corrected chi connectivity index (χ3v) is 3.96. The number of nitrogens with one attached hydrogen (secondary N) is 1. The maximum atomic E-state index is 12.3. The summed E-state index contributed by atoms with van der Waals surface area (Å²) in [5, 5.41) is 7.03. The van der Waals surface area contributed by atoms with Gasteiger partial charge in [-0.25, -0.2) is 4.79 Å². The summed E-state index contributed by atoms with van der Waals surface area (Å²) in [7, 11) is 1.76. The Bertz CT molecular complexity index is 502. The van der Waals surface area contributed by atoms with Crippen LogP contribution < -0.4 is 5.32 Å². The maximum Gasteiger partial charge on any atom is 0.317 e. The summed E-state index contributed by atoms with van der Waals surface area (Å²) in [6.07, 6.45) is 2.93. The predicted molar refractivity (Wildman–Crippen MR) is 88.0 cm³/mol. The fourth-order valence-electron chi connectivity index (χ4n) is 2.83. The van der Waals surface area contributed by atoms with Gasteiger partial charge in [-0.1, -0.05) is 25.9 Å². The number of carbonyl (C=O) groups is 1. The molecular formula is C16H29N5O2. The van der Waals surface area contributed by atoms with Crippen molar-refractivity contribution in [1.82, 2.24) is 25.3 Å². The van der Waals surface area contributed by atoms with Crippen LogP contribution in [0.1, 0.15) is 45.3 Å². The molecule has 0 saturated carbocycles. The zero-order valence-electron chi connectivity index (χ0n) is 14.7. The molecule has 0 radical (unpaired) electrons. The number of carbonyl (C=O) groups excluding carboxylic acids is 1. The highest BCUT2D eigenvalue weighted by atomic mass is 16.5. The summed E-state index contributed by atoms with van der Waals surface area (Å²) in [4.78, 5) is 20.6. The topological polar surface area (TPSA) is 74.5 Å². The molecule has 23 heavy (non-hydrogen) atoms. The Morgan fingerprint density at radius 1 is 1.52 bits per heavy atom. The Kier molecular flexibility index (Phi) is 6.38. The lowest BCUT2D eigenvalue weighted by atomic mass is 10.1. The van der Waals surface area contributed by atoms with Gasteiger partial charge in [0, 0.05) is 32.6 Å². The maximum absolute atomic E-state index is 12.3. The van der Waals surface area contributed by atoms with Crippen molar-refractivity contribution in [2.75, 3.05) is 26.7 Å². The third kappa shape index (κ3) is 5.49. The predicted octanol–water partition coefficient (Wildman–Crippen LogP) is 1.89. The minimum Gasteiger partial charge on any atom is -0.339 e. The molecule has 1 fully saturated rings. The average Bonchev–Trinajstić information content (AvgIpc) is 3.08. The van der Waals surface area contributed by atoms with E-state index in [0.29, 0.717) is 24.2 Å². The van der Waals surface area contributed by atoms with Gasteiger partial charge in [0.25, 0.3) is 0 Å². The number of rotatable bonds is 7. The van der Waals surface area contributed by atoms with Gasteiger partial charge in [0.2, 0.25) is 5.89 Å². The summed E-state index contributed by atoms with van der Waals surface area (Å²) in [6.45, 7) is 9.85. The van der Waals surface area contributed by atoms with Crippen LogP contribution in [-0.4, -0.2) is 58.7 Å². The van der Waals surface area contributed by atoms with Crippen LogP contribution in [-0.2, 0) is 13.0 Å². The van der Waals surface area contributed by atoms with E-state index in [1.54, 1.807) is 11.9 Å². The molecule has 1 aliphatic rings. The number of aromatic nitrogens is 2. The van der Waals surface area contributed by atoms with Crippen molar-refractivity contribution >= 4 is 6.03 Å². The van der Waals surface area contributed by atoms with E-state index in [-0.39, 0.29) is 12.1 Å². The minimum absolute atomic E-state index is 0.0800. The Labute approximate surface area is 138 Å². The second kappa shape index (κ2) is 8.29. The molecule has 1 aromatic rings. The first-order valence-electron chi connectivity index (χ1n) is 8.53. The van der Waals surface area contributed by atoms with E-state index in [1.807, 2.05) is 0 Å². The van der Waals surface area contributed by atoms with Crippen LogP contribution in [0.15, 0.2) is 4.52 Å². The number of amides is 2. The first-order chi connectivity index (χ1) is 11.0. The fourth-order valence-corrected chi connectivity index (χ4v) is 2.83. The van der Waals surface area contributed by atoms with Crippen LogP contribution in [0.3, 0.4) is 0 Å². The normalized spacial score (nSPS) is 18.6. The smallest absolute Gasteiger partial charge is 0.317 e. The van der Waals surface area contributed by atoms with Crippen molar-refractivity contribution in [2.45, 2.75) is 52.6 Å². The van der Waals surface area contributed by atoms with E-state index in [0.717, 1.165) is 38.9 Å². The van der Waals surface area contributed by atoms with Gasteiger partial charge in [-0.2, -0.15) is 4.98 Å². The van der Waals surface area contributed by atoms with Crippen molar-refractivity contribution in [2.24, 2.45) is 5.92 Å². The molecule has 1 saturated heterocycles. The van der Waals surface area contributed by atoms with Crippen LogP contribution in [0.4, 0.5) is 4.79 Å². The van der Waals surface area contributed by atoms with Gasteiger partial charge in [-0.15, -0.1) is 0 Å². The largest absolute Gasteiger partial charge is 0.339 e. The van der Waals surface area contributed by atoms with Gasteiger partial charge in [0.05, 0.1) is 6.54 Å². The molecule has 1 N–H and O–H groups in total. The van der Waals surface area contributed by atoms with E-state index in [2.05, 4.69) is 41.1 Å². The van der Waals surface area contributed by atoms with Gasteiger partial charge < -0.3 is 19.6 Å². The van der Waals surface area contributed by atoms with Gasteiger partial charge in [0.15, 0.2) is 5.82 Å². The molecule has 2 rings (SSSR count). The molecule has 0 spiro atoms. The van der Waals surface area contributed by atoms with Crippen molar-refractivity contribution in [3.05, 3.63) is 11.7 Å². The molecule has 1 aliphatic heterocycles. The number of likely N-dealkylation sites (tertiary alicyclic amines) is 1. The third-order valence-electron chi connectivity index (χ3n) is 3.96. The van der Waals surface area contributed by atoms with Gasteiger partial charge in [-0.3, -0.25) is 0 Å². The van der Waals surface area contributed by atoms with Crippen LogP contribution >= 0.6 is 0 Å². The lowest BCUT2D eigenvalue weighted by molar-refractivity contribution is 0.200. The number of hydrogen-bond donors (Lipinski definition) is 1. The van der Waals surface area contributed by atoms with Crippen molar-refractivity contribution in [3.63, 3.8) is 0 Å². The quantitative estimate of drug-likeness (QED) is 0.829. The molecule has 0 aliphatic carbocycles. The summed E-state index contributed by atoms with van der Waals surface area (Å²) >= 11 is 0. The molecule has 0 bridgehead atoms. The van der Waals surface area contributed by atoms with Crippen molar-refractivity contribution in [1.29, 1.82) is 0 Å². The van der Waals surface area contributed by atoms with Gasteiger partial charge in [0.1, 0.15) is 0 Å². The summed E-state index contributed by atoms with van der Waals surface area (Å²) in [6, 6.07) is 0.154. The number of urea groups is 1. The standard InChI is InChI=1S/C16H29N5O2/c1-5-7-21-8-6-13(10-21)17-16(22)20(4)11-14-18-15(23-19-14)9-12(2)3/h12-13H,5-11H2,1-4H3,(H,17,22). The number of nitrogens with zero attached hydrogens (tertiary/aromatic N) is 4. The Morgan fingerprint density at radius 3 is 3.00 bits per heavy atom. The van der Waals surface area contributed by atoms with Gasteiger partial charge in [-0.05, 0) is 25.3 Å². The average molecular weight is 323 g/mol. The van der Waals surface area contributed by atoms with Crippen LogP contribution in [0.2, 0.25) is 0 Å². The van der Waals surface area contributed by atoms with Crippen molar-refractivity contribution < 1.29 is 9.32 Å². The molecular weight excluding hydrogens is 294 g/mol. The SMILES string of the molecule is CCCN1CCC(NC(=O)N(C)Cc2noc(CC(C)C)n2)C1. The minimum atomic E-state index is -0.0800. The second-order valence-corrected chi connectivity index (χ2v) is 6.79. The van der Waals surface area contributed by atoms with Crippen LogP contribution in [0.25, 0.3) is 0 Å². The monoisotopic (exact) mass is 323 g/mol. The van der Waals surface area contributed by atoms with Gasteiger partial charge >= 0.3 is 6.03 Å². The molecule has 2 heterocycles. The van der Waals surface area contributed by atoms with Crippen molar-refractivity contribution in [3.8, 4) is 0 Å². The molecule has 0 aromatic carbocycles. The molecule has 1 aromatic heterocycles. The first kappa shape index (κ1) is 17.7. The highest BCUT2D eigenvalue weighted by molar-refractivity contribution is 5.74. The lowest BCUT2D eigenvalue weighted by Crippen LogP contribution is -2.44. The van der Waals surface area contributed by atoms with E-state index in [4.69, 9.17) is 4.52 Å².